The monoisotopic (exact) mass is 298 g/mol. The van der Waals surface area contributed by atoms with Crippen LogP contribution in [0.3, 0.4) is 0 Å². The summed E-state index contributed by atoms with van der Waals surface area (Å²) in [6.07, 6.45) is 3.54. The number of carboxylic acids is 1. The normalized spacial score (nSPS) is 28.0. The van der Waals surface area contributed by atoms with Crippen LogP contribution in [-0.2, 0) is 9.53 Å². The van der Waals surface area contributed by atoms with Crippen LogP contribution in [0, 0.1) is 11.3 Å². The van der Waals surface area contributed by atoms with Crippen LogP contribution < -0.4 is 5.32 Å². The van der Waals surface area contributed by atoms with Crippen molar-refractivity contribution in [2.24, 2.45) is 11.3 Å². The summed E-state index contributed by atoms with van der Waals surface area (Å²) in [6.45, 7) is 6.06. The first kappa shape index (κ1) is 16.1. The molecule has 0 aromatic heterocycles. The van der Waals surface area contributed by atoms with Crippen molar-refractivity contribution >= 4 is 12.0 Å². The third-order valence-corrected chi connectivity index (χ3v) is 4.63. The Labute approximate surface area is 125 Å². The van der Waals surface area contributed by atoms with E-state index in [-0.39, 0.29) is 18.1 Å². The van der Waals surface area contributed by atoms with Crippen LogP contribution in [0.2, 0.25) is 0 Å². The van der Waals surface area contributed by atoms with Gasteiger partial charge in [0, 0.05) is 26.2 Å². The fraction of sp³-hybridized carbons (Fsp3) is 0.867. The molecular weight excluding hydrogens is 272 g/mol. The van der Waals surface area contributed by atoms with E-state index in [4.69, 9.17) is 4.74 Å². The molecule has 120 valence electrons. The van der Waals surface area contributed by atoms with Crippen molar-refractivity contribution in [3.8, 4) is 0 Å². The van der Waals surface area contributed by atoms with E-state index >= 15 is 0 Å². The number of hydrogen-bond donors (Lipinski definition) is 2. The van der Waals surface area contributed by atoms with E-state index in [1.807, 2.05) is 13.8 Å². The Morgan fingerprint density at radius 2 is 2.24 bits per heavy atom. The second kappa shape index (κ2) is 6.64. The van der Waals surface area contributed by atoms with Crippen molar-refractivity contribution in [2.45, 2.75) is 45.6 Å². The molecule has 0 unspecified atom stereocenters. The van der Waals surface area contributed by atoms with Gasteiger partial charge in [-0.1, -0.05) is 6.42 Å². The topological polar surface area (TPSA) is 78.9 Å². The maximum absolute atomic E-state index is 12.1. The molecule has 1 saturated heterocycles. The van der Waals surface area contributed by atoms with E-state index in [0.717, 1.165) is 19.3 Å². The van der Waals surface area contributed by atoms with Crippen LogP contribution in [0.15, 0.2) is 0 Å². The average Bonchev–Trinajstić information content (AvgIpc) is 2.95. The molecule has 6 nitrogen and oxygen atoms in total. The zero-order valence-electron chi connectivity index (χ0n) is 12.9. The molecule has 0 spiro atoms. The number of aliphatic carboxylic acids is 1. The number of nitrogens with one attached hydrogen (secondary N) is 1. The molecule has 1 saturated carbocycles. The predicted molar refractivity (Wildman–Crippen MR) is 78.1 cm³/mol. The van der Waals surface area contributed by atoms with Gasteiger partial charge in [-0.2, -0.15) is 0 Å². The number of urea groups is 1. The third-order valence-electron chi connectivity index (χ3n) is 4.63. The van der Waals surface area contributed by atoms with Crippen LogP contribution in [0.1, 0.15) is 39.5 Å². The lowest BCUT2D eigenvalue weighted by Crippen LogP contribution is -2.42. The Kier molecular flexibility index (Phi) is 5.08. The number of amides is 2. The highest BCUT2D eigenvalue weighted by molar-refractivity contribution is 5.80. The highest BCUT2D eigenvalue weighted by atomic mass is 16.5. The maximum atomic E-state index is 12.1. The SMILES string of the molecule is CC(C)OCCCNC(=O)N1C[C@@H]2CCC[C@@]2(C(=O)O)C1. The first-order valence-corrected chi connectivity index (χ1v) is 7.83. The summed E-state index contributed by atoms with van der Waals surface area (Å²) in [5.41, 5.74) is -0.696. The lowest BCUT2D eigenvalue weighted by molar-refractivity contribution is -0.149. The van der Waals surface area contributed by atoms with Gasteiger partial charge < -0.3 is 20.1 Å². The minimum Gasteiger partial charge on any atom is -0.481 e. The van der Waals surface area contributed by atoms with Crippen LogP contribution in [0.25, 0.3) is 0 Å². The van der Waals surface area contributed by atoms with E-state index in [9.17, 15) is 14.7 Å². The molecule has 21 heavy (non-hydrogen) atoms. The number of carbonyl (C=O) groups excluding carboxylic acids is 1. The molecule has 2 rings (SSSR count). The number of hydrogen-bond acceptors (Lipinski definition) is 3. The van der Waals surface area contributed by atoms with Gasteiger partial charge in [0.05, 0.1) is 11.5 Å². The summed E-state index contributed by atoms with van der Waals surface area (Å²) >= 11 is 0. The van der Waals surface area contributed by atoms with Gasteiger partial charge in [-0.3, -0.25) is 4.79 Å². The van der Waals surface area contributed by atoms with Crippen molar-refractivity contribution in [1.82, 2.24) is 10.2 Å². The summed E-state index contributed by atoms with van der Waals surface area (Å²) in [5, 5.41) is 12.4. The molecule has 0 radical (unpaired) electrons. The minimum absolute atomic E-state index is 0.116. The molecular formula is C15H26N2O4. The van der Waals surface area contributed by atoms with Gasteiger partial charge in [-0.15, -0.1) is 0 Å². The van der Waals surface area contributed by atoms with Crippen LogP contribution in [0.4, 0.5) is 4.79 Å². The molecule has 0 aromatic carbocycles. The molecule has 2 atom stereocenters. The molecule has 2 aliphatic rings. The lowest BCUT2D eigenvalue weighted by Gasteiger charge is -2.23. The second-order valence-corrected chi connectivity index (χ2v) is 6.44. The Morgan fingerprint density at radius 3 is 2.86 bits per heavy atom. The minimum atomic E-state index is -0.745. The number of carbonyl (C=O) groups is 2. The Hall–Kier alpha value is -1.30. The Bertz CT molecular complexity index is 399. The summed E-state index contributed by atoms with van der Waals surface area (Å²) in [6, 6.07) is -0.144. The fourth-order valence-corrected chi connectivity index (χ4v) is 3.49. The second-order valence-electron chi connectivity index (χ2n) is 6.44. The first-order chi connectivity index (χ1) is 9.95. The number of rotatable bonds is 6. The standard InChI is InChI=1S/C15H26N2O4/c1-11(2)21-8-4-7-16-14(20)17-9-12-5-3-6-15(12,10-17)13(18)19/h11-12H,3-10H2,1-2H3,(H,16,20)(H,18,19)/t12-,15+/m0/s1. The van der Waals surface area contributed by atoms with E-state index in [0.29, 0.717) is 32.7 Å². The largest absolute Gasteiger partial charge is 0.481 e. The molecule has 1 aliphatic carbocycles. The van der Waals surface area contributed by atoms with Gasteiger partial charge in [0.2, 0.25) is 0 Å². The molecule has 2 fully saturated rings. The number of nitrogens with zero attached hydrogens (tertiary/aromatic N) is 1. The zero-order chi connectivity index (χ0) is 15.5. The van der Waals surface area contributed by atoms with E-state index in [1.165, 1.54) is 0 Å². The van der Waals surface area contributed by atoms with Crippen molar-refractivity contribution in [1.29, 1.82) is 0 Å². The zero-order valence-corrected chi connectivity index (χ0v) is 12.9. The summed E-state index contributed by atoms with van der Waals surface area (Å²) in [7, 11) is 0. The summed E-state index contributed by atoms with van der Waals surface area (Å²) in [4.78, 5) is 25.3. The molecule has 0 aromatic rings. The predicted octanol–water partition coefficient (Wildman–Crippen LogP) is 1.70. The van der Waals surface area contributed by atoms with Gasteiger partial charge in [-0.25, -0.2) is 4.79 Å². The van der Waals surface area contributed by atoms with Crippen molar-refractivity contribution in [3.63, 3.8) is 0 Å². The molecule has 1 aliphatic heterocycles. The lowest BCUT2D eigenvalue weighted by atomic mass is 9.81. The van der Waals surface area contributed by atoms with Crippen molar-refractivity contribution < 1.29 is 19.4 Å². The quantitative estimate of drug-likeness (QED) is 0.732. The summed E-state index contributed by atoms with van der Waals surface area (Å²) < 4.78 is 5.41. The number of fused-ring (bicyclic) bond motifs is 1. The highest BCUT2D eigenvalue weighted by Crippen LogP contribution is 2.48. The first-order valence-electron chi connectivity index (χ1n) is 7.83. The van der Waals surface area contributed by atoms with Gasteiger partial charge in [0.15, 0.2) is 0 Å². The fourth-order valence-electron chi connectivity index (χ4n) is 3.49. The van der Waals surface area contributed by atoms with Gasteiger partial charge in [-0.05, 0) is 39.0 Å². The van der Waals surface area contributed by atoms with Gasteiger partial charge in [0.1, 0.15) is 0 Å². The smallest absolute Gasteiger partial charge is 0.317 e. The number of carboxylic acid groups (broad SMARTS) is 1. The average molecular weight is 298 g/mol. The van der Waals surface area contributed by atoms with Gasteiger partial charge >= 0.3 is 12.0 Å². The van der Waals surface area contributed by atoms with E-state index in [2.05, 4.69) is 5.32 Å². The molecule has 0 bridgehead atoms. The van der Waals surface area contributed by atoms with Crippen molar-refractivity contribution in [2.75, 3.05) is 26.2 Å². The highest BCUT2D eigenvalue weighted by Gasteiger charge is 2.55. The van der Waals surface area contributed by atoms with E-state index < -0.39 is 11.4 Å². The van der Waals surface area contributed by atoms with Gasteiger partial charge in [0.25, 0.3) is 0 Å². The Morgan fingerprint density at radius 1 is 1.48 bits per heavy atom. The Balaban J connectivity index is 1.76. The number of likely N-dealkylation sites (tertiary alicyclic amines) is 1. The van der Waals surface area contributed by atoms with Crippen LogP contribution >= 0.6 is 0 Å². The van der Waals surface area contributed by atoms with E-state index in [1.54, 1.807) is 4.90 Å². The van der Waals surface area contributed by atoms with Crippen molar-refractivity contribution in [3.05, 3.63) is 0 Å². The molecule has 2 amide bonds. The molecule has 1 heterocycles. The number of ether oxygens (including phenoxy) is 1. The molecule has 2 N–H and O–H groups in total. The third kappa shape index (κ3) is 3.48. The maximum Gasteiger partial charge on any atom is 0.317 e. The summed E-state index contributed by atoms with van der Waals surface area (Å²) in [5.74, 6) is -0.629. The van der Waals surface area contributed by atoms with Crippen LogP contribution in [-0.4, -0.2) is 54.4 Å². The van der Waals surface area contributed by atoms with Crippen LogP contribution in [0.5, 0.6) is 0 Å². The molecule has 6 heteroatoms.